The van der Waals surface area contributed by atoms with Crippen LogP contribution >= 0.6 is 0 Å². The number of nitrogens with one attached hydrogen (secondary N) is 1. The van der Waals surface area contributed by atoms with Crippen molar-refractivity contribution in [2.75, 3.05) is 29.4 Å². The fourth-order valence-corrected chi connectivity index (χ4v) is 5.10. The molecule has 2 aliphatic heterocycles. The van der Waals surface area contributed by atoms with Crippen LogP contribution in [0.3, 0.4) is 0 Å². The minimum absolute atomic E-state index is 0.193. The van der Waals surface area contributed by atoms with Gasteiger partial charge in [-0.15, -0.1) is 0 Å². The Morgan fingerprint density at radius 3 is 2.43 bits per heavy atom. The van der Waals surface area contributed by atoms with Gasteiger partial charge in [0.1, 0.15) is 5.82 Å². The minimum Gasteiger partial charge on any atom is -0.368 e. The number of hydrogen-bond acceptors (Lipinski definition) is 3. The van der Waals surface area contributed by atoms with Crippen LogP contribution in [0.25, 0.3) is 0 Å². The Balaban J connectivity index is 1.43. The van der Waals surface area contributed by atoms with Crippen molar-refractivity contribution in [2.24, 2.45) is 5.92 Å². The number of nitrogens with zero attached hydrogens (tertiary/aromatic N) is 2. The zero-order valence-corrected chi connectivity index (χ0v) is 18.9. The Kier molecular flexibility index (Phi) is 6.13. The third kappa shape index (κ3) is 4.83. The molecule has 2 aliphatic rings. The van der Waals surface area contributed by atoms with Gasteiger partial charge in [-0.1, -0.05) is 30.3 Å². The number of carbonyl (C=O) groups is 1. The third-order valence-corrected chi connectivity index (χ3v) is 6.88. The molecule has 0 radical (unpaired) electrons. The Morgan fingerprint density at radius 2 is 1.71 bits per heavy atom. The van der Waals surface area contributed by atoms with E-state index in [1.807, 2.05) is 30.3 Å². The van der Waals surface area contributed by atoms with Gasteiger partial charge in [0.05, 0.1) is 17.5 Å². The first-order valence-electron chi connectivity index (χ1n) is 11.6. The van der Waals surface area contributed by atoms with Gasteiger partial charge in [-0.05, 0) is 60.0 Å². The van der Waals surface area contributed by atoms with Crippen LogP contribution in [0.1, 0.15) is 16.7 Å². The summed E-state index contributed by atoms with van der Waals surface area (Å²) in [7, 11) is 0. The molecule has 1 fully saturated rings. The average molecular weight is 484 g/mol. The minimum atomic E-state index is -4.45. The number of alkyl halides is 3. The number of rotatable bonds is 4. The van der Waals surface area contributed by atoms with Crippen molar-refractivity contribution >= 4 is 17.3 Å². The van der Waals surface area contributed by atoms with Gasteiger partial charge >= 0.3 is 6.18 Å². The number of halogens is 4. The number of amides is 1. The average Bonchev–Trinajstić information content (AvgIpc) is 2.87. The molecule has 0 aromatic heterocycles. The maximum absolute atomic E-state index is 13.4. The lowest BCUT2D eigenvalue weighted by atomic mass is 9.82. The molecule has 0 unspecified atom stereocenters. The van der Waals surface area contributed by atoms with E-state index in [4.69, 9.17) is 0 Å². The van der Waals surface area contributed by atoms with Gasteiger partial charge in [-0.3, -0.25) is 4.79 Å². The zero-order valence-electron chi connectivity index (χ0n) is 18.9. The normalized spacial score (nSPS) is 19.7. The van der Waals surface area contributed by atoms with E-state index >= 15 is 0 Å². The van der Waals surface area contributed by atoms with Crippen molar-refractivity contribution in [3.05, 3.63) is 95.3 Å². The second kappa shape index (κ2) is 9.24. The van der Waals surface area contributed by atoms with Crippen LogP contribution in [0.15, 0.2) is 72.8 Å². The molecule has 2 atom stereocenters. The van der Waals surface area contributed by atoms with Gasteiger partial charge in [0.2, 0.25) is 5.91 Å². The highest BCUT2D eigenvalue weighted by atomic mass is 19.4. The smallest absolute Gasteiger partial charge is 0.368 e. The maximum Gasteiger partial charge on any atom is 0.416 e. The molecule has 182 valence electrons. The zero-order chi connectivity index (χ0) is 24.6. The summed E-state index contributed by atoms with van der Waals surface area (Å²) in [6.45, 7) is 2.10. The van der Waals surface area contributed by atoms with E-state index in [0.717, 1.165) is 23.0 Å². The highest BCUT2D eigenvalue weighted by Gasteiger charge is 2.42. The summed E-state index contributed by atoms with van der Waals surface area (Å²) in [6.07, 6.45) is -4.23. The number of carbonyl (C=O) groups excluding carboxylic acids is 1. The molecule has 0 aliphatic carbocycles. The van der Waals surface area contributed by atoms with Gasteiger partial charge in [-0.2, -0.15) is 13.2 Å². The van der Waals surface area contributed by atoms with Crippen LogP contribution in [0.2, 0.25) is 0 Å². The summed E-state index contributed by atoms with van der Waals surface area (Å²) < 4.78 is 53.4. The van der Waals surface area contributed by atoms with Crippen molar-refractivity contribution in [2.45, 2.75) is 25.2 Å². The van der Waals surface area contributed by atoms with Crippen LogP contribution in [-0.2, 0) is 23.9 Å². The number of piperazine rings is 1. The highest BCUT2D eigenvalue weighted by Crippen LogP contribution is 2.40. The quantitative estimate of drug-likeness (QED) is 0.529. The Labute approximate surface area is 201 Å². The molecule has 8 heteroatoms. The molecule has 0 spiro atoms. The molecule has 2 heterocycles. The van der Waals surface area contributed by atoms with E-state index in [2.05, 4.69) is 15.1 Å². The van der Waals surface area contributed by atoms with Crippen molar-refractivity contribution in [1.29, 1.82) is 0 Å². The lowest BCUT2D eigenvalue weighted by Gasteiger charge is -2.49. The molecule has 1 amide bonds. The monoisotopic (exact) mass is 483 g/mol. The number of anilines is 2. The predicted molar refractivity (Wildman–Crippen MR) is 127 cm³/mol. The molecular weight excluding hydrogens is 458 g/mol. The molecular formula is C27H25F4N3O. The van der Waals surface area contributed by atoms with Crippen LogP contribution < -0.4 is 15.1 Å². The first kappa shape index (κ1) is 23.2. The van der Waals surface area contributed by atoms with E-state index in [1.54, 1.807) is 12.1 Å². The molecule has 0 saturated carbocycles. The van der Waals surface area contributed by atoms with Crippen LogP contribution in [0.4, 0.5) is 28.9 Å². The van der Waals surface area contributed by atoms with Gasteiger partial charge in [0.25, 0.3) is 0 Å². The fourth-order valence-electron chi connectivity index (χ4n) is 5.10. The van der Waals surface area contributed by atoms with E-state index in [9.17, 15) is 22.4 Å². The van der Waals surface area contributed by atoms with Crippen molar-refractivity contribution < 1.29 is 22.4 Å². The van der Waals surface area contributed by atoms with Crippen molar-refractivity contribution in [1.82, 2.24) is 5.32 Å². The maximum atomic E-state index is 13.4. The topological polar surface area (TPSA) is 35.6 Å². The van der Waals surface area contributed by atoms with Crippen molar-refractivity contribution in [3.8, 4) is 0 Å². The largest absolute Gasteiger partial charge is 0.416 e. The summed E-state index contributed by atoms with van der Waals surface area (Å²) in [6, 6.07) is 19.4. The van der Waals surface area contributed by atoms with Crippen molar-refractivity contribution in [3.63, 3.8) is 0 Å². The van der Waals surface area contributed by atoms with E-state index in [1.165, 1.54) is 24.3 Å². The summed E-state index contributed by atoms with van der Waals surface area (Å²) in [5.41, 5.74) is 2.39. The Morgan fingerprint density at radius 1 is 0.971 bits per heavy atom. The standard InChI is InChI=1S/C27H25F4N3O/c28-21-9-6-18(7-10-21)16-32-26(35)23-15-19-14-20(27(29,30)31)8-11-24(19)34-13-12-33(17-25(23)34)22-4-2-1-3-5-22/h1-11,14,23,25H,12-13,15-17H2,(H,32,35)/t23-,25-/m1/s1. The van der Waals surface area contributed by atoms with Gasteiger partial charge in [0.15, 0.2) is 0 Å². The molecule has 1 N–H and O–H groups in total. The van der Waals surface area contributed by atoms with Crippen LogP contribution in [0.5, 0.6) is 0 Å². The number of fused-ring (bicyclic) bond motifs is 3. The first-order chi connectivity index (χ1) is 16.8. The fraction of sp³-hybridized carbons (Fsp3) is 0.296. The molecule has 35 heavy (non-hydrogen) atoms. The number of benzene rings is 3. The SMILES string of the molecule is O=C(NCc1ccc(F)cc1)[C@@H]1Cc2cc(C(F)(F)F)ccc2N2CCN(c3ccccc3)C[C@H]12. The first-order valence-corrected chi connectivity index (χ1v) is 11.6. The molecule has 5 rings (SSSR count). The van der Waals surface area contributed by atoms with Gasteiger partial charge in [0, 0.05) is 37.6 Å². The van der Waals surface area contributed by atoms with E-state index in [-0.39, 0.29) is 30.7 Å². The highest BCUT2D eigenvalue weighted by molar-refractivity contribution is 5.82. The molecule has 3 aromatic carbocycles. The Bertz CT molecular complexity index is 1200. The predicted octanol–water partition coefficient (Wildman–Crippen LogP) is 5.03. The lowest BCUT2D eigenvalue weighted by molar-refractivity contribution is -0.137. The second-order valence-corrected chi connectivity index (χ2v) is 9.04. The Hall–Kier alpha value is -3.55. The molecule has 3 aromatic rings. The van der Waals surface area contributed by atoms with Gasteiger partial charge < -0.3 is 15.1 Å². The second-order valence-electron chi connectivity index (χ2n) is 9.04. The molecule has 1 saturated heterocycles. The third-order valence-electron chi connectivity index (χ3n) is 6.88. The van der Waals surface area contributed by atoms with Crippen LogP contribution in [-0.4, -0.2) is 31.6 Å². The summed E-state index contributed by atoms with van der Waals surface area (Å²) >= 11 is 0. The van der Waals surface area contributed by atoms with Crippen LogP contribution in [0, 0.1) is 11.7 Å². The lowest BCUT2D eigenvalue weighted by Crippen LogP contribution is -2.61. The summed E-state index contributed by atoms with van der Waals surface area (Å²) in [5, 5.41) is 2.92. The summed E-state index contributed by atoms with van der Waals surface area (Å²) in [5.74, 6) is -1.11. The van der Waals surface area contributed by atoms with Gasteiger partial charge in [-0.25, -0.2) is 4.39 Å². The molecule has 0 bridgehead atoms. The number of hydrogen-bond donors (Lipinski definition) is 1. The number of para-hydroxylation sites is 1. The van der Waals surface area contributed by atoms with E-state index < -0.39 is 17.7 Å². The molecule has 4 nitrogen and oxygen atoms in total. The van der Waals surface area contributed by atoms with E-state index in [0.29, 0.717) is 25.2 Å². The summed E-state index contributed by atoms with van der Waals surface area (Å²) in [4.78, 5) is 17.7.